The number of sulfonamides is 1. The van der Waals surface area contributed by atoms with Crippen LogP contribution in [0.15, 0.2) is 33.8 Å². The maximum Gasteiger partial charge on any atom is 0.247 e. The van der Waals surface area contributed by atoms with Crippen LogP contribution >= 0.6 is 11.6 Å². The van der Waals surface area contributed by atoms with Gasteiger partial charge in [0.2, 0.25) is 21.6 Å². The highest BCUT2D eigenvalue weighted by molar-refractivity contribution is 7.89. The number of nitrogens with one attached hydrogen (secondary N) is 2. The van der Waals surface area contributed by atoms with E-state index in [1.165, 1.54) is 26.2 Å². The standard InChI is InChI=1S/C22H26ClN3O6S/c1-22(2)9-7-14-11(8-10-32-14)21(22)25-16-15(18(28)19(16)29)24-13-6-5-12(23)20(17(13)27)33(30,31)26(3)4/h5-6,8,10,15-16,21,24-25,27H,7,9H2,1-4H3/t15?,16?,21-/m0/s1. The molecule has 0 aliphatic heterocycles. The summed E-state index contributed by atoms with van der Waals surface area (Å²) >= 11 is 6.06. The predicted octanol–water partition coefficient (Wildman–Crippen LogP) is 2.49. The lowest BCUT2D eigenvalue weighted by molar-refractivity contribution is -0.146. The third kappa shape index (κ3) is 3.84. The maximum atomic E-state index is 12.6. The Hall–Kier alpha value is -2.40. The van der Waals surface area contributed by atoms with Gasteiger partial charge in [0.1, 0.15) is 22.7 Å². The molecule has 3 atom stereocenters. The Balaban J connectivity index is 1.63. The summed E-state index contributed by atoms with van der Waals surface area (Å²) in [4.78, 5) is 24.5. The van der Waals surface area contributed by atoms with Crippen molar-refractivity contribution in [3.05, 3.63) is 40.8 Å². The second-order valence-electron chi connectivity index (χ2n) is 9.28. The summed E-state index contributed by atoms with van der Waals surface area (Å²) in [7, 11) is -1.43. The van der Waals surface area contributed by atoms with Gasteiger partial charge in [0.15, 0.2) is 5.75 Å². The summed E-state index contributed by atoms with van der Waals surface area (Å²) in [5, 5.41) is 16.7. The summed E-state index contributed by atoms with van der Waals surface area (Å²) in [5.74, 6) is -0.992. The predicted molar refractivity (Wildman–Crippen MR) is 122 cm³/mol. The summed E-state index contributed by atoms with van der Waals surface area (Å²) in [6, 6.07) is 2.49. The molecule has 1 aromatic heterocycles. The Morgan fingerprint density at radius 3 is 2.48 bits per heavy atom. The lowest BCUT2D eigenvalue weighted by atomic mass is 9.71. The van der Waals surface area contributed by atoms with Crippen LogP contribution in [0.1, 0.15) is 37.6 Å². The van der Waals surface area contributed by atoms with E-state index in [0.29, 0.717) is 0 Å². The summed E-state index contributed by atoms with van der Waals surface area (Å²) in [6.45, 7) is 4.16. The molecule has 2 unspecified atom stereocenters. The van der Waals surface area contributed by atoms with E-state index >= 15 is 0 Å². The van der Waals surface area contributed by atoms with E-state index in [9.17, 15) is 23.1 Å². The van der Waals surface area contributed by atoms with Crippen molar-refractivity contribution in [1.82, 2.24) is 9.62 Å². The fourth-order valence-electron chi connectivity index (χ4n) is 4.40. The number of benzene rings is 1. The molecule has 0 spiro atoms. The molecule has 2 aliphatic rings. The fraction of sp³-hybridized carbons (Fsp3) is 0.455. The second kappa shape index (κ2) is 8.12. The number of aromatic hydroxyl groups is 1. The zero-order chi connectivity index (χ0) is 24.3. The number of halogens is 1. The van der Waals surface area contributed by atoms with Gasteiger partial charge in [-0.25, -0.2) is 12.7 Å². The highest BCUT2D eigenvalue weighted by Gasteiger charge is 2.52. The van der Waals surface area contributed by atoms with Crippen LogP contribution in [0.5, 0.6) is 5.75 Å². The summed E-state index contributed by atoms with van der Waals surface area (Å²) < 4.78 is 31.7. The molecule has 2 aliphatic carbocycles. The number of Topliss-reactive ketones (excluding diaryl/α,β-unsaturated/α-hetero) is 2. The molecule has 178 valence electrons. The molecule has 1 heterocycles. The van der Waals surface area contributed by atoms with Crippen LogP contribution in [-0.4, -0.2) is 55.6 Å². The molecule has 33 heavy (non-hydrogen) atoms. The Bertz CT molecular complexity index is 1240. The number of carbonyl (C=O) groups is 2. The van der Waals surface area contributed by atoms with Crippen molar-refractivity contribution in [2.75, 3.05) is 19.4 Å². The van der Waals surface area contributed by atoms with Crippen LogP contribution in [0.4, 0.5) is 5.69 Å². The van der Waals surface area contributed by atoms with Crippen LogP contribution in [0.25, 0.3) is 0 Å². The Morgan fingerprint density at radius 1 is 1.15 bits per heavy atom. The van der Waals surface area contributed by atoms with Crippen LogP contribution in [0, 0.1) is 5.41 Å². The number of phenolic OH excluding ortho intramolecular Hbond substituents is 1. The number of ketones is 2. The normalized spacial score (nSPS) is 24.5. The van der Waals surface area contributed by atoms with Gasteiger partial charge >= 0.3 is 0 Å². The van der Waals surface area contributed by atoms with Gasteiger partial charge in [-0.2, -0.15) is 0 Å². The van der Waals surface area contributed by atoms with Crippen LogP contribution < -0.4 is 10.6 Å². The highest BCUT2D eigenvalue weighted by atomic mass is 35.5. The first-order chi connectivity index (χ1) is 15.4. The van der Waals surface area contributed by atoms with E-state index in [1.54, 1.807) is 6.26 Å². The molecule has 0 bridgehead atoms. The monoisotopic (exact) mass is 495 g/mol. The minimum atomic E-state index is -4.05. The van der Waals surface area contributed by atoms with E-state index < -0.39 is 44.3 Å². The number of hydrogen-bond donors (Lipinski definition) is 3. The summed E-state index contributed by atoms with van der Waals surface area (Å²) in [6.07, 6.45) is 3.24. The molecule has 0 radical (unpaired) electrons. The molecular weight excluding hydrogens is 470 g/mol. The molecule has 1 fully saturated rings. The number of rotatable bonds is 6. The second-order valence-corrected chi connectivity index (χ2v) is 11.8. The lowest BCUT2D eigenvalue weighted by Crippen LogP contribution is -2.68. The molecule has 9 nitrogen and oxygen atoms in total. The molecule has 0 amide bonds. The minimum Gasteiger partial charge on any atom is -0.504 e. The number of hydrogen-bond acceptors (Lipinski definition) is 8. The van der Waals surface area contributed by atoms with Gasteiger partial charge in [-0.15, -0.1) is 0 Å². The highest BCUT2D eigenvalue weighted by Crippen LogP contribution is 2.45. The zero-order valence-corrected chi connectivity index (χ0v) is 20.2. The van der Waals surface area contributed by atoms with Crippen molar-refractivity contribution in [2.45, 2.75) is 49.7 Å². The van der Waals surface area contributed by atoms with Gasteiger partial charge < -0.3 is 14.8 Å². The first kappa shape index (κ1) is 23.7. The first-order valence-electron chi connectivity index (χ1n) is 10.5. The third-order valence-electron chi connectivity index (χ3n) is 6.49. The Morgan fingerprint density at radius 2 is 1.82 bits per heavy atom. The van der Waals surface area contributed by atoms with Crippen LogP contribution in [-0.2, 0) is 26.0 Å². The van der Waals surface area contributed by atoms with Crippen LogP contribution in [0.3, 0.4) is 0 Å². The number of aryl methyl sites for hydroxylation is 1. The number of furan rings is 1. The van der Waals surface area contributed by atoms with Gasteiger partial charge in [-0.05, 0) is 30.0 Å². The molecule has 11 heteroatoms. The fourth-order valence-corrected chi connectivity index (χ4v) is 5.88. The van der Waals surface area contributed by atoms with Gasteiger partial charge in [0.25, 0.3) is 0 Å². The smallest absolute Gasteiger partial charge is 0.247 e. The quantitative estimate of drug-likeness (QED) is 0.412. The van der Waals surface area contributed by atoms with E-state index in [2.05, 4.69) is 24.5 Å². The van der Waals surface area contributed by atoms with Crippen LogP contribution in [0.2, 0.25) is 5.02 Å². The molecule has 4 rings (SSSR count). The van der Waals surface area contributed by atoms with Gasteiger partial charge in [0.05, 0.1) is 17.0 Å². The third-order valence-corrected chi connectivity index (χ3v) is 8.81. The molecule has 1 aromatic carbocycles. The topological polar surface area (TPSA) is 129 Å². The Labute approximate surface area is 197 Å². The average Bonchev–Trinajstić information content (AvgIpc) is 3.21. The van der Waals surface area contributed by atoms with Crippen molar-refractivity contribution >= 4 is 38.9 Å². The maximum absolute atomic E-state index is 12.6. The van der Waals surface area contributed by atoms with Crippen molar-refractivity contribution < 1.29 is 27.5 Å². The van der Waals surface area contributed by atoms with Crippen molar-refractivity contribution in [2.24, 2.45) is 5.41 Å². The van der Waals surface area contributed by atoms with Crippen molar-refractivity contribution in [3.63, 3.8) is 0 Å². The summed E-state index contributed by atoms with van der Waals surface area (Å²) in [5.41, 5.74) is 0.741. The lowest BCUT2D eigenvalue weighted by Gasteiger charge is -2.44. The zero-order valence-electron chi connectivity index (χ0n) is 18.7. The Kier molecular flexibility index (Phi) is 5.84. The van der Waals surface area contributed by atoms with Crippen molar-refractivity contribution in [1.29, 1.82) is 0 Å². The SMILES string of the molecule is CN(C)S(=O)(=O)c1c(Cl)ccc(NC2C(=O)C(=O)C2N[C@H]2c3ccoc3CCC2(C)C)c1O. The number of fused-ring (bicyclic) bond motifs is 1. The molecule has 0 saturated heterocycles. The molecule has 3 N–H and O–H groups in total. The van der Waals surface area contributed by atoms with Gasteiger partial charge in [-0.3, -0.25) is 14.9 Å². The first-order valence-corrected chi connectivity index (χ1v) is 12.3. The number of phenols is 1. The van der Waals surface area contributed by atoms with Crippen molar-refractivity contribution in [3.8, 4) is 5.75 Å². The van der Waals surface area contributed by atoms with Gasteiger partial charge in [-0.1, -0.05) is 25.4 Å². The largest absolute Gasteiger partial charge is 0.504 e. The van der Waals surface area contributed by atoms with E-state index in [-0.39, 0.29) is 22.2 Å². The van der Waals surface area contributed by atoms with Gasteiger partial charge in [0, 0.05) is 32.1 Å². The molecule has 2 aromatic rings. The minimum absolute atomic E-state index is 0.00983. The number of nitrogens with zero attached hydrogens (tertiary/aromatic N) is 1. The van der Waals surface area contributed by atoms with E-state index in [0.717, 1.165) is 28.5 Å². The molecular formula is C22H26ClN3O6S. The van der Waals surface area contributed by atoms with E-state index in [1.807, 2.05) is 6.07 Å². The number of carbonyl (C=O) groups excluding carboxylic acids is 2. The van der Waals surface area contributed by atoms with E-state index in [4.69, 9.17) is 16.0 Å². The molecule has 1 saturated carbocycles. The average molecular weight is 496 g/mol. The number of anilines is 1.